The number of hydrogen-bond acceptors (Lipinski definition) is 4. The molecule has 0 saturated heterocycles. The number of thioether (sulfide) groups is 1. The van der Waals surface area contributed by atoms with E-state index in [1.807, 2.05) is 4.57 Å². The lowest BCUT2D eigenvalue weighted by molar-refractivity contribution is 0.189. The van der Waals surface area contributed by atoms with E-state index in [0.717, 1.165) is 28.2 Å². The Hall–Kier alpha value is -0.920. The number of aromatic nitrogens is 3. The Morgan fingerprint density at radius 1 is 1.45 bits per heavy atom. The second-order valence-electron chi connectivity index (χ2n) is 4.18. The van der Waals surface area contributed by atoms with Crippen LogP contribution in [-0.4, -0.2) is 28.5 Å². The topological polar surface area (TPSA) is 39.9 Å². The monoisotopic (exact) mass is 359 g/mol. The quantitative estimate of drug-likeness (QED) is 0.560. The van der Waals surface area contributed by atoms with Crippen molar-refractivity contribution in [3.63, 3.8) is 0 Å². The summed E-state index contributed by atoms with van der Waals surface area (Å²) in [6.45, 7) is 1.54. The molecule has 1 aromatic carbocycles. The first-order chi connectivity index (χ1) is 9.70. The molecule has 4 nitrogen and oxygen atoms in total. The predicted molar refractivity (Wildman–Crippen MR) is 80.2 cm³/mol. The van der Waals surface area contributed by atoms with E-state index in [1.54, 1.807) is 31.3 Å². The van der Waals surface area contributed by atoms with Gasteiger partial charge in [-0.15, -0.1) is 10.2 Å². The first-order valence-electron chi connectivity index (χ1n) is 6.14. The van der Waals surface area contributed by atoms with Crippen LogP contribution in [0, 0.1) is 5.82 Å². The van der Waals surface area contributed by atoms with E-state index in [-0.39, 0.29) is 5.82 Å². The average molecular weight is 360 g/mol. The fourth-order valence-corrected chi connectivity index (χ4v) is 3.29. The summed E-state index contributed by atoms with van der Waals surface area (Å²) in [7, 11) is 1.69. The molecule has 0 aliphatic carbocycles. The molecule has 0 aliphatic rings. The van der Waals surface area contributed by atoms with E-state index in [1.165, 1.54) is 12.1 Å². The lowest BCUT2D eigenvalue weighted by Crippen LogP contribution is -2.02. The van der Waals surface area contributed by atoms with Gasteiger partial charge in [-0.3, -0.25) is 0 Å². The SMILES string of the molecule is COCCCn1cnnc1SCc1ccc(F)cc1Br. The number of benzene rings is 1. The van der Waals surface area contributed by atoms with Crippen molar-refractivity contribution in [3.8, 4) is 0 Å². The fourth-order valence-electron chi connectivity index (χ4n) is 1.67. The first kappa shape index (κ1) is 15.5. The minimum Gasteiger partial charge on any atom is -0.385 e. The van der Waals surface area contributed by atoms with Crippen molar-refractivity contribution >= 4 is 27.7 Å². The summed E-state index contributed by atoms with van der Waals surface area (Å²) in [6, 6.07) is 4.71. The molecule has 7 heteroatoms. The summed E-state index contributed by atoms with van der Waals surface area (Å²) in [5.74, 6) is 0.470. The maximum atomic E-state index is 13.0. The standard InChI is InChI=1S/C13H15BrFN3OS/c1-19-6-2-5-18-9-16-17-13(18)20-8-10-3-4-11(15)7-12(10)14/h3-4,7,9H,2,5-6,8H2,1H3. The molecule has 0 fully saturated rings. The highest BCUT2D eigenvalue weighted by Crippen LogP contribution is 2.26. The third kappa shape index (κ3) is 4.29. The number of hydrogen-bond donors (Lipinski definition) is 0. The van der Waals surface area contributed by atoms with Crippen LogP contribution in [0.25, 0.3) is 0 Å². The third-order valence-electron chi connectivity index (χ3n) is 2.70. The fraction of sp³-hybridized carbons (Fsp3) is 0.385. The molecule has 20 heavy (non-hydrogen) atoms. The molecule has 0 radical (unpaired) electrons. The van der Waals surface area contributed by atoms with Gasteiger partial charge in [0.2, 0.25) is 0 Å². The van der Waals surface area contributed by atoms with Crippen molar-refractivity contribution in [2.75, 3.05) is 13.7 Å². The molecule has 0 amide bonds. The molecule has 1 heterocycles. The molecule has 0 bridgehead atoms. The molecular formula is C13H15BrFN3OS. The Kier molecular flexibility index (Phi) is 6.00. The number of ether oxygens (including phenoxy) is 1. The van der Waals surface area contributed by atoms with Gasteiger partial charge in [-0.25, -0.2) is 4.39 Å². The largest absolute Gasteiger partial charge is 0.385 e. The molecule has 2 rings (SSSR count). The van der Waals surface area contributed by atoms with E-state index in [2.05, 4.69) is 26.1 Å². The predicted octanol–water partition coefficient (Wildman–Crippen LogP) is 3.51. The van der Waals surface area contributed by atoms with Crippen molar-refractivity contribution in [2.45, 2.75) is 23.9 Å². The van der Waals surface area contributed by atoms with Crippen LogP contribution in [0.1, 0.15) is 12.0 Å². The van der Waals surface area contributed by atoms with E-state index >= 15 is 0 Å². The Morgan fingerprint density at radius 2 is 2.30 bits per heavy atom. The van der Waals surface area contributed by atoms with Crippen LogP contribution in [-0.2, 0) is 17.0 Å². The second kappa shape index (κ2) is 7.75. The van der Waals surface area contributed by atoms with Gasteiger partial charge < -0.3 is 9.30 Å². The van der Waals surface area contributed by atoms with Gasteiger partial charge in [0.25, 0.3) is 0 Å². The zero-order valence-corrected chi connectivity index (χ0v) is 13.5. The van der Waals surface area contributed by atoms with Gasteiger partial charge in [0.15, 0.2) is 5.16 Å². The molecule has 1 aromatic heterocycles. The minimum absolute atomic E-state index is 0.242. The minimum atomic E-state index is -0.242. The van der Waals surface area contributed by atoms with Crippen molar-refractivity contribution in [1.82, 2.24) is 14.8 Å². The Bertz CT molecular complexity index is 564. The molecule has 0 N–H and O–H groups in total. The summed E-state index contributed by atoms with van der Waals surface area (Å²) in [4.78, 5) is 0. The van der Waals surface area contributed by atoms with Crippen LogP contribution < -0.4 is 0 Å². The van der Waals surface area contributed by atoms with Gasteiger partial charge >= 0.3 is 0 Å². The van der Waals surface area contributed by atoms with Crippen LogP contribution in [0.4, 0.5) is 4.39 Å². The lowest BCUT2D eigenvalue weighted by atomic mass is 10.2. The zero-order valence-electron chi connectivity index (χ0n) is 11.1. The number of methoxy groups -OCH3 is 1. The van der Waals surface area contributed by atoms with Gasteiger partial charge in [-0.2, -0.15) is 0 Å². The van der Waals surface area contributed by atoms with Crippen molar-refractivity contribution in [1.29, 1.82) is 0 Å². The molecular weight excluding hydrogens is 345 g/mol. The first-order valence-corrected chi connectivity index (χ1v) is 7.92. The van der Waals surface area contributed by atoms with Gasteiger partial charge in [0.05, 0.1) is 0 Å². The van der Waals surface area contributed by atoms with Crippen LogP contribution in [0.15, 0.2) is 34.2 Å². The highest BCUT2D eigenvalue weighted by molar-refractivity contribution is 9.10. The maximum absolute atomic E-state index is 13.0. The summed E-state index contributed by atoms with van der Waals surface area (Å²) in [5, 5.41) is 8.89. The van der Waals surface area contributed by atoms with Gasteiger partial charge in [0.1, 0.15) is 12.1 Å². The number of nitrogens with zero attached hydrogens (tertiary/aromatic N) is 3. The highest BCUT2D eigenvalue weighted by atomic mass is 79.9. The number of aryl methyl sites for hydroxylation is 1. The number of halogens is 2. The van der Waals surface area contributed by atoms with Gasteiger partial charge in [-0.05, 0) is 24.1 Å². The number of rotatable bonds is 7. The van der Waals surface area contributed by atoms with Crippen molar-refractivity contribution in [2.24, 2.45) is 0 Å². The van der Waals surface area contributed by atoms with E-state index in [0.29, 0.717) is 12.4 Å². The Labute approximate surface area is 129 Å². The van der Waals surface area contributed by atoms with E-state index < -0.39 is 0 Å². The third-order valence-corrected chi connectivity index (χ3v) is 4.47. The van der Waals surface area contributed by atoms with Crippen molar-refractivity contribution in [3.05, 3.63) is 40.4 Å². The summed E-state index contributed by atoms with van der Waals surface area (Å²) < 4.78 is 20.8. The second-order valence-corrected chi connectivity index (χ2v) is 5.97. The Balaban J connectivity index is 1.95. The van der Waals surface area contributed by atoms with Crippen LogP contribution in [0.5, 0.6) is 0 Å². The average Bonchev–Trinajstić information content (AvgIpc) is 2.86. The molecule has 0 saturated carbocycles. The lowest BCUT2D eigenvalue weighted by Gasteiger charge is -2.07. The van der Waals surface area contributed by atoms with E-state index in [9.17, 15) is 4.39 Å². The molecule has 0 atom stereocenters. The smallest absolute Gasteiger partial charge is 0.191 e. The molecule has 2 aromatic rings. The highest BCUT2D eigenvalue weighted by Gasteiger charge is 2.07. The molecule has 0 unspecified atom stereocenters. The van der Waals surface area contributed by atoms with Crippen LogP contribution >= 0.6 is 27.7 Å². The summed E-state index contributed by atoms with van der Waals surface area (Å²) in [5.41, 5.74) is 1.03. The molecule has 108 valence electrons. The van der Waals surface area contributed by atoms with Crippen LogP contribution in [0.3, 0.4) is 0 Å². The van der Waals surface area contributed by atoms with Gasteiger partial charge in [-0.1, -0.05) is 33.8 Å². The molecule has 0 spiro atoms. The maximum Gasteiger partial charge on any atom is 0.191 e. The van der Waals surface area contributed by atoms with E-state index in [4.69, 9.17) is 4.74 Å². The summed E-state index contributed by atoms with van der Waals surface area (Å²) >= 11 is 4.95. The van der Waals surface area contributed by atoms with Crippen LogP contribution in [0.2, 0.25) is 0 Å². The zero-order chi connectivity index (χ0) is 14.4. The van der Waals surface area contributed by atoms with Gasteiger partial charge in [0, 0.05) is 30.5 Å². The normalized spacial score (nSPS) is 10.9. The summed E-state index contributed by atoms with van der Waals surface area (Å²) in [6.07, 6.45) is 2.64. The van der Waals surface area contributed by atoms with Crippen molar-refractivity contribution < 1.29 is 9.13 Å². The molecule has 0 aliphatic heterocycles. The Morgan fingerprint density at radius 3 is 3.05 bits per heavy atom.